The van der Waals surface area contributed by atoms with E-state index in [1.807, 2.05) is 4.98 Å². The third-order valence-corrected chi connectivity index (χ3v) is 7.92. The van der Waals surface area contributed by atoms with Crippen LogP contribution in [0.4, 0.5) is 0 Å². The number of aliphatic hydroxyl groups excluding tert-OH is 2. The normalized spacial score (nSPS) is 28.5. The Morgan fingerprint density at radius 3 is 2.30 bits per heavy atom. The molecule has 7 atom stereocenters. The number of hydrogen-bond donors (Lipinski definition) is 7. The van der Waals surface area contributed by atoms with E-state index in [1.165, 1.54) is 12.2 Å². The summed E-state index contributed by atoms with van der Waals surface area (Å²) in [4.78, 5) is 61.4. The Morgan fingerprint density at radius 2 is 1.76 bits per heavy atom. The summed E-state index contributed by atoms with van der Waals surface area (Å²) in [6.45, 7) is 1.55. The third-order valence-electron chi connectivity index (χ3n) is 4.06. The molecule has 1 aliphatic rings. The van der Waals surface area contributed by atoms with Crippen LogP contribution in [0.5, 0.6) is 0 Å². The van der Waals surface area contributed by atoms with Crippen LogP contribution in [0.3, 0.4) is 0 Å². The first-order chi connectivity index (χ1) is 15.1. The van der Waals surface area contributed by atoms with Crippen molar-refractivity contribution in [3.8, 4) is 0 Å². The molecule has 0 spiro atoms. The van der Waals surface area contributed by atoms with Gasteiger partial charge in [0.1, 0.15) is 24.4 Å². The second-order valence-corrected chi connectivity index (χ2v) is 10.9. The Hall–Kier alpha value is -1.29. The van der Waals surface area contributed by atoms with E-state index in [9.17, 15) is 43.3 Å². The zero-order valence-corrected chi connectivity index (χ0v) is 19.2. The topological polar surface area (TPSA) is 264 Å². The second-order valence-electron chi connectivity index (χ2n) is 6.53. The summed E-state index contributed by atoms with van der Waals surface area (Å²) in [6.07, 6.45) is -5.04. The van der Waals surface area contributed by atoms with Crippen molar-refractivity contribution in [2.45, 2.75) is 44.0 Å². The lowest BCUT2D eigenvalue weighted by Crippen LogP contribution is -2.40. The van der Waals surface area contributed by atoms with Gasteiger partial charge in [0.05, 0.1) is 0 Å². The van der Waals surface area contributed by atoms with Crippen LogP contribution < -0.4 is 11.2 Å². The predicted molar refractivity (Wildman–Crippen MR) is 105 cm³/mol. The molecule has 0 bridgehead atoms. The molecule has 0 aliphatic carbocycles. The number of aliphatic hydroxyl groups is 2. The van der Waals surface area contributed by atoms with Crippen molar-refractivity contribution in [2.75, 3.05) is 0 Å². The lowest BCUT2D eigenvalue weighted by atomic mass is 10.0. The van der Waals surface area contributed by atoms with E-state index in [1.54, 1.807) is 6.92 Å². The zero-order chi connectivity index (χ0) is 25.2. The first-order valence-electron chi connectivity index (χ1n) is 8.81. The van der Waals surface area contributed by atoms with E-state index in [4.69, 9.17) is 19.0 Å². The molecule has 1 aromatic heterocycles. The Morgan fingerprint density at radius 1 is 1.12 bits per heavy atom. The summed E-state index contributed by atoms with van der Waals surface area (Å²) in [6, 6.07) is 0.931. The van der Waals surface area contributed by atoms with Gasteiger partial charge in [0.2, 0.25) is 0 Å². The number of phosphoric acid groups is 3. The van der Waals surface area contributed by atoms with Gasteiger partial charge in [0.25, 0.3) is 5.56 Å². The minimum absolute atomic E-state index is 0.304. The summed E-state index contributed by atoms with van der Waals surface area (Å²) in [5.74, 6) is 0. The SMILES string of the molecule is CC=CCC(OP(=O)(O)OP(=O)(O)OP(=O)(O)O)[C@H]1O[C@@H](n2ccc(=O)[nH]c2=O)[C@H](O)[C@@H]1O. The number of aromatic nitrogens is 2. The van der Waals surface area contributed by atoms with Crippen molar-refractivity contribution in [3.63, 3.8) is 0 Å². The molecule has 33 heavy (non-hydrogen) atoms. The van der Waals surface area contributed by atoms with Crippen molar-refractivity contribution in [1.29, 1.82) is 0 Å². The van der Waals surface area contributed by atoms with Gasteiger partial charge in [-0.1, -0.05) is 12.2 Å². The molecule has 2 heterocycles. The maximum absolute atomic E-state index is 12.2. The van der Waals surface area contributed by atoms with Gasteiger partial charge in [-0.25, -0.2) is 18.5 Å². The van der Waals surface area contributed by atoms with Crippen LogP contribution >= 0.6 is 23.5 Å². The quantitative estimate of drug-likeness (QED) is 0.137. The van der Waals surface area contributed by atoms with Crippen molar-refractivity contribution in [3.05, 3.63) is 45.3 Å². The minimum atomic E-state index is -5.80. The number of aromatic amines is 1. The maximum Gasteiger partial charge on any atom is 0.490 e. The van der Waals surface area contributed by atoms with Crippen LogP contribution in [-0.2, 0) is 31.6 Å². The minimum Gasteiger partial charge on any atom is -0.387 e. The first-order valence-corrected chi connectivity index (χ1v) is 13.3. The van der Waals surface area contributed by atoms with E-state index in [0.29, 0.717) is 0 Å². The fraction of sp³-hybridized carbons (Fsp3) is 0.538. The Labute approximate surface area is 184 Å². The molecule has 7 N–H and O–H groups in total. The number of ether oxygens (including phenoxy) is 1. The molecule has 1 saturated heterocycles. The van der Waals surface area contributed by atoms with Gasteiger partial charge in [0.15, 0.2) is 6.23 Å². The summed E-state index contributed by atoms with van der Waals surface area (Å²) in [7, 11) is -17.0. The Kier molecular flexibility index (Phi) is 8.93. The van der Waals surface area contributed by atoms with Gasteiger partial charge in [-0.05, 0) is 13.3 Å². The van der Waals surface area contributed by atoms with E-state index < -0.39 is 65.4 Å². The molecular weight excluding hydrogens is 517 g/mol. The molecule has 0 amide bonds. The van der Waals surface area contributed by atoms with Crippen LogP contribution in [0.15, 0.2) is 34.0 Å². The molecule has 2 rings (SSSR count). The van der Waals surface area contributed by atoms with Crippen LogP contribution in [0, 0.1) is 0 Å². The van der Waals surface area contributed by atoms with Crippen molar-refractivity contribution < 1.29 is 61.4 Å². The van der Waals surface area contributed by atoms with Crippen LogP contribution in [0.1, 0.15) is 19.6 Å². The van der Waals surface area contributed by atoms with Crippen molar-refractivity contribution >= 4 is 23.5 Å². The molecular formula is C13H21N2O15P3. The number of H-pyrrole nitrogens is 1. The number of nitrogens with one attached hydrogen (secondary N) is 1. The fourth-order valence-corrected chi connectivity index (χ4v) is 6.04. The Balaban J connectivity index is 2.29. The Bertz CT molecular complexity index is 1120. The van der Waals surface area contributed by atoms with Gasteiger partial charge in [0, 0.05) is 12.3 Å². The number of rotatable bonds is 10. The van der Waals surface area contributed by atoms with Gasteiger partial charge in [-0.2, -0.15) is 8.62 Å². The lowest BCUT2D eigenvalue weighted by molar-refractivity contribution is -0.0822. The number of hydrogen-bond acceptors (Lipinski definition) is 11. The fourth-order valence-electron chi connectivity index (χ4n) is 2.83. The first kappa shape index (κ1) is 28.0. The number of nitrogens with zero attached hydrogens (tertiary/aromatic N) is 1. The third kappa shape index (κ3) is 7.87. The summed E-state index contributed by atoms with van der Waals surface area (Å²) in [5, 5.41) is 20.7. The number of phosphoric ester groups is 1. The average Bonchev–Trinajstić information content (AvgIpc) is 2.91. The zero-order valence-electron chi connectivity index (χ0n) is 16.5. The smallest absolute Gasteiger partial charge is 0.387 e. The molecule has 20 heteroatoms. The van der Waals surface area contributed by atoms with E-state index in [-0.39, 0.29) is 6.42 Å². The van der Waals surface area contributed by atoms with Crippen LogP contribution in [0.2, 0.25) is 0 Å². The van der Waals surface area contributed by atoms with Gasteiger partial charge in [-0.3, -0.25) is 18.9 Å². The molecule has 0 radical (unpaired) electrons. The maximum atomic E-state index is 12.2. The molecule has 1 aliphatic heterocycles. The average molecular weight is 538 g/mol. The summed E-state index contributed by atoms with van der Waals surface area (Å²) < 4.78 is 52.7. The van der Waals surface area contributed by atoms with Gasteiger partial charge in [-0.15, -0.1) is 0 Å². The van der Waals surface area contributed by atoms with Crippen LogP contribution in [0.25, 0.3) is 0 Å². The van der Waals surface area contributed by atoms with Crippen molar-refractivity contribution in [1.82, 2.24) is 9.55 Å². The highest BCUT2D eigenvalue weighted by Gasteiger charge is 2.50. The molecule has 1 aromatic rings. The second kappa shape index (κ2) is 10.5. The molecule has 188 valence electrons. The monoisotopic (exact) mass is 538 g/mol. The van der Waals surface area contributed by atoms with Gasteiger partial charge >= 0.3 is 29.2 Å². The molecule has 1 fully saturated rings. The number of allylic oxidation sites excluding steroid dienone is 1. The largest absolute Gasteiger partial charge is 0.490 e. The van der Waals surface area contributed by atoms with Crippen LogP contribution in [-0.4, -0.2) is 63.8 Å². The molecule has 3 unspecified atom stereocenters. The lowest BCUT2D eigenvalue weighted by Gasteiger charge is -2.26. The predicted octanol–water partition coefficient (Wildman–Crippen LogP) is -1.17. The van der Waals surface area contributed by atoms with Gasteiger partial charge < -0.3 is 34.5 Å². The highest BCUT2D eigenvalue weighted by Crippen LogP contribution is 2.66. The molecule has 17 nitrogen and oxygen atoms in total. The standard InChI is InChI=1S/C13H21N2O15P3/c1-2-3-4-7(28-32(23,24)30-33(25,26)29-31(20,21)22)11-9(17)10(18)12(27-11)15-6-5-8(16)14-13(15)19/h2-3,5-7,9-12,17-18H,4H2,1H3,(H,23,24)(H,25,26)(H,14,16,19)(H2,20,21,22)/t7?,9-,10+,11+,12+/m0/s1. The van der Waals surface area contributed by atoms with E-state index in [2.05, 4.69) is 8.62 Å². The molecule has 0 aromatic carbocycles. The summed E-state index contributed by atoms with van der Waals surface area (Å²) in [5.41, 5.74) is -1.75. The molecule has 0 saturated carbocycles. The highest BCUT2D eigenvalue weighted by molar-refractivity contribution is 7.66. The van der Waals surface area contributed by atoms with E-state index in [0.717, 1.165) is 16.8 Å². The van der Waals surface area contributed by atoms with E-state index >= 15 is 0 Å². The summed E-state index contributed by atoms with van der Waals surface area (Å²) >= 11 is 0. The highest BCUT2D eigenvalue weighted by atomic mass is 31.3. The van der Waals surface area contributed by atoms with Crippen molar-refractivity contribution in [2.24, 2.45) is 0 Å².